The first-order chi connectivity index (χ1) is 21.6. The number of amides is 2. The standard InChI is InChI=1S/C28H32F6N8O4/c1-15(9-28(32,33)34)46-26(44)41-12-19(29)20(13-41)39-24(43)18-7-16(10-36-25(18)45-2)21-8-17(22-23(35)37-14-38-42(21)22)11-40-5-3-27(30,31)4-6-40/h7-8,10,14-15,19-20H,3-6,9,11-13H2,1-2H3,(H,39,43)(H2,35,37,38)/t15?,19-,20+/m0/s1. The Kier molecular flexibility index (Phi) is 9.19. The number of nitrogens with zero attached hydrogens (tertiary/aromatic N) is 6. The third kappa shape index (κ3) is 7.37. The number of ether oxygens (including phenoxy) is 2. The Morgan fingerprint density at radius 3 is 2.57 bits per heavy atom. The lowest BCUT2D eigenvalue weighted by Crippen LogP contribution is -2.42. The number of carbonyl (C=O) groups is 2. The highest BCUT2D eigenvalue weighted by Crippen LogP contribution is 2.33. The summed E-state index contributed by atoms with van der Waals surface area (Å²) in [6.45, 7) is 0.895. The van der Waals surface area contributed by atoms with Crippen LogP contribution in [0.2, 0.25) is 0 Å². The fraction of sp³-hybridized carbons (Fsp3) is 0.536. The first-order valence-corrected chi connectivity index (χ1v) is 14.4. The fourth-order valence-electron chi connectivity index (χ4n) is 5.58. The van der Waals surface area contributed by atoms with E-state index in [0.29, 0.717) is 28.9 Å². The molecule has 46 heavy (non-hydrogen) atoms. The number of nitrogens with one attached hydrogen (secondary N) is 1. The molecule has 0 bridgehead atoms. The summed E-state index contributed by atoms with van der Waals surface area (Å²) in [5.41, 5.74) is 8.07. The number of rotatable bonds is 8. The van der Waals surface area contributed by atoms with E-state index >= 15 is 0 Å². The summed E-state index contributed by atoms with van der Waals surface area (Å²) in [6, 6.07) is 1.99. The number of fused-ring (bicyclic) bond motifs is 1. The van der Waals surface area contributed by atoms with E-state index in [0.717, 1.165) is 11.8 Å². The van der Waals surface area contributed by atoms with E-state index in [1.807, 2.05) is 4.90 Å². The molecule has 3 aromatic heterocycles. The van der Waals surface area contributed by atoms with Crippen LogP contribution in [-0.4, -0.2) is 105 Å². The van der Waals surface area contributed by atoms with Crippen LogP contribution in [0.15, 0.2) is 24.7 Å². The number of carbonyl (C=O) groups excluding carboxylic acids is 2. The average Bonchev–Trinajstić information content (AvgIpc) is 3.53. The number of hydrogen-bond acceptors (Lipinski definition) is 9. The van der Waals surface area contributed by atoms with Crippen molar-refractivity contribution in [3.05, 3.63) is 35.8 Å². The van der Waals surface area contributed by atoms with Gasteiger partial charge in [0.25, 0.3) is 11.8 Å². The number of nitrogen functional groups attached to an aromatic ring is 1. The number of likely N-dealkylation sites (tertiary alicyclic amines) is 2. The summed E-state index contributed by atoms with van der Waals surface area (Å²) in [5, 5.41) is 6.80. The number of nitrogens with two attached hydrogens (primary N) is 1. The van der Waals surface area contributed by atoms with Crippen LogP contribution in [0, 0.1) is 0 Å². The zero-order valence-electron chi connectivity index (χ0n) is 24.9. The van der Waals surface area contributed by atoms with Crippen molar-refractivity contribution >= 4 is 23.3 Å². The van der Waals surface area contributed by atoms with Crippen molar-refractivity contribution in [2.75, 3.05) is 39.0 Å². The lowest BCUT2D eigenvalue weighted by molar-refractivity contribution is -0.152. The molecule has 0 saturated carbocycles. The van der Waals surface area contributed by atoms with E-state index in [9.17, 15) is 35.9 Å². The Morgan fingerprint density at radius 2 is 1.89 bits per heavy atom. The topological polar surface area (TPSA) is 140 Å². The number of alkyl halides is 6. The van der Waals surface area contributed by atoms with Crippen LogP contribution < -0.4 is 15.8 Å². The molecule has 0 radical (unpaired) electrons. The van der Waals surface area contributed by atoms with Gasteiger partial charge in [-0.05, 0) is 24.6 Å². The van der Waals surface area contributed by atoms with Crippen LogP contribution >= 0.6 is 0 Å². The summed E-state index contributed by atoms with van der Waals surface area (Å²) in [4.78, 5) is 36.8. The molecule has 18 heteroatoms. The van der Waals surface area contributed by atoms with Gasteiger partial charge in [-0.25, -0.2) is 32.4 Å². The van der Waals surface area contributed by atoms with Gasteiger partial charge in [-0.1, -0.05) is 0 Å². The maximum Gasteiger partial charge on any atom is 0.410 e. The van der Waals surface area contributed by atoms with E-state index in [4.69, 9.17) is 15.2 Å². The zero-order valence-corrected chi connectivity index (χ0v) is 24.9. The van der Waals surface area contributed by atoms with Crippen LogP contribution in [0.4, 0.5) is 37.0 Å². The first-order valence-electron chi connectivity index (χ1n) is 14.4. The van der Waals surface area contributed by atoms with Gasteiger partial charge in [-0.3, -0.25) is 9.69 Å². The third-order valence-electron chi connectivity index (χ3n) is 7.87. The Balaban J connectivity index is 1.35. The van der Waals surface area contributed by atoms with Crippen molar-refractivity contribution in [1.82, 2.24) is 34.7 Å². The van der Waals surface area contributed by atoms with Crippen molar-refractivity contribution in [3.63, 3.8) is 0 Å². The minimum absolute atomic E-state index is 0.0798. The Morgan fingerprint density at radius 1 is 1.17 bits per heavy atom. The SMILES string of the molecule is COc1ncc(-c2cc(CN3CCC(F)(F)CC3)c3c(N)ncnn23)cc1C(=O)N[C@@H]1CN(C(=O)OC(C)CC(F)(F)F)C[C@@H]1F. The zero-order chi connectivity index (χ0) is 33.4. The van der Waals surface area contributed by atoms with Gasteiger partial charge < -0.3 is 25.4 Å². The predicted molar refractivity (Wildman–Crippen MR) is 151 cm³/mol. The summed E-state index contributed by atoms with van der Waals surface area (Å²) in [5.74, 6) is -3.43. The molecule has 12 nitrogen and oxygen atoms in total. The van der Waals surface area contributed by atoms with Crippen molar-refractivity contribution in [3.8, 4) is 17.1 Å². The highest BCUT2D eigenvalue weighted by Gasteiger charge is 2.39. The number of aromatic nitrogens is 4. The van der Waals surface area contributed by atoms with Gasteiger partial charge in [-0.15, -0.1) is 0 Å². The third-order valence-corrected chi connectivity index (χ3v) is 7.87. The molecule has 0 spiro atoms. The second kappa shape index (κ2) is 12.8. The lowest BCUT2D eigenvalue weighted by Gasteiger charge is -2.31. The number of piperidine rings is 1. The fourth-order valence-corrected chi connectivity index (χ4v) is 5.58. The average molecular weight is 659 g/mol. The smallest absolute Gasteiger partial charge is 0.410 e. The Bertz CT molecular complexity index is 1590. The Hall–Kier alpha value is -4.35. The minimum Gasteiger partial charge on any atom is -0.480 e. The van der Waals surface area contributed by atoms with Crippen LogP contribution in [0.25, 0.3) is 16.8 Å². The predicted octanol–water partition coefficient (Wildman–Crippen LogP) is 3.84. The van der Waals surface area contributed by atoms with Crippen molar-refractivity contribution in [1.29, 1.82) is 0 Å². The molecule has 0 aromatic carbocycles. The van der Waals surface area contributed by atoms with Crippen LogP contribution in [0.1, 0.15) is 42.1 Å². The molecular weight excluding hydrogens is 626 g/mol. The molecule has 5 rings (SSSR count). The largest absolute Gasteiger partial charge is 0.480 e. The number of halogens is 6. The van der Waals surface area contributed by atoms with Crippen molar-refractivity contribution in [2.24, 2.45) is 0 Å². The Labute approximate surface area is 258 Å². The molecule has 5 heterocycles. The van der Waals surface area contributed by atoms with Gasteiger partial charge in [0.05, 0.1) is 31.8 Å². The van der Waals surface area contributed by atoms with Gasteiger partial charge in [0.2, 0.25) is 5.88 Å². The molecule has 2 saturated heterocycles. The van der Waals surface area contributed by atoms with Gasteiger partial charge in [-0.2, -0.15) is 18.3 Å². The van der Waals surface area contributed by atoms with E-state index in [2.05, 4.69) is 20.4 Å². The molecule has 0 aliphatic carbocycles. The lowest BCUT2D eigenvalue weighted by atomic mass is 10.1. The van der Waals surface area contributed by atoms with Crippen LogP contribution in [-0.2, 0) is 11.3 Å². The summed E-state index contributed by atoms with van der Waals surface area (Å²) < 4.78 is 91.7. The maximum absolute atomic E-state index is 14.9. The molecule has 2 aliphatic rings. The summed E-state index contributed by atoms with van der Waals surface area (Å²) in [7, 11) is 1.28. The first kappa shape index (κ1) is 33.0. The molecular formula is C28H32F6N8O4. The number of methoxy groups -OCH3 is 1. The maximum atomic E-state index is 14.9. The second-order valence-electron chi connectivity index (χ2n) is 11.4. The van der Waals surface area contributed by atoms with Crippen LogP contribution in [0.5, 0.6) is 5.88 Å². The van der Waals surface area contributed by atoms with Crippen molar-refractivity contribution < 1.29 is 45.4 Å². The van der Waals surface area contributed by atoms with Gasteiger partial charge in [0, 0.05) is 50.8 Å². The van der Waals surface area contributed by atoms with E-state index < -0.39 is 55.4 Å². The quantitative estimate of drug-likeness (QED) is 0.346. The van der Waals surface area contributed by atoms with Gasteiger partial charge >= 0.3 is 12.3 Å². The monoisotopic (exact) mass is 658 g/mol. The normalized spacial score (nSPS) is 20.9. The molecule has 2 amide bonds. The number of anilines is 1. The number of pyridine rings is 1. The highest BCUT2D eigenvalue weighted by atomic mass is 19.4. The molecule has 2 aliphatic heterocycles. The van der Waals surface area contributed by atoms with Crippen LogP contribution in [0.3, 0.4) is 0 Å². The molecule has 1 unspecified atom stereocenters. The molecule has 2 fully saturated rings. The van der Waals surface area contributed by atoms with E-state index in [-0.39, 0.29) is 49.7 Å². The van der Waals surface area contributed by atoms with Crippen molar-refractivity contribution in [2.45, 2.75) is 63.1 Å². The van der Waals surface area contributed by atoms with Gasteiger partial charge in [0.15, 0.2) is 5.82 Å². The molecule has 3 aromatic rings. The molecule has 250 valence electrons. The summed E-state index contributed by atoms with van der Waals surface area (Å²) >= 11 is 0. The van der Waals surface area contributed by atoms with E-state index in [1.165, 1.54) is 30.2 Å². The van der Waals surface area contributed by atoms with E-state index in [1.54, 1.807) is 6.07 Å². The highest BCUT2D eigenvalue weighted by molar-refractivity contribution is 5.98. The molecule has 3 atom stereocenters. The second-order valence-corrected chi connectivity index (χ2v) is 11.4. The number of hydrogen-bond donors (Lipinski definition) is 2. The molecule has 3 N–H and O–H groups in total. The van der Waals surface area contributed by atoms with Gasteiger partial charge in [0.1, 0.15) is 29.7 Å². The summed E-state index contributed by atoms with van der Waals surface area (Å²) in [6.07, 6.45) is -8.12. The minimum atomic E-state index is -4.55.